The molecule has 0 amide bonds. The van der Waals surface area contributed by atoms with E-state index in [4.69, 9.17) is 16.2 Å². The van der Waals surface area contributed by atoms with Crippen LogP contribution in [0.5, 0.6) is 0 Å². The van der Waals surface area contributed by atoms with Gasteiger partial charge in [-0.15, -0.1) is 0 Å². The topological polar surface area (TPSA) is 74.2 Å². The van der Waals surface area contributed by atoms with Crippen LogP contribution in [0, 0.1) is 29.1 Å². The third-order valence-electron chi connectivity index (χ3n) is 11.4. The van der Waals surface area contributed by atoms with Crippen LogP contribution in [0.4, 0.5) is 5.82 Å². The van der Waals surface area contributed by atoms with Crippen LogP contribution in [-0.2, 0) is 11.2 Å². The smallest absolute Gasteiger partial charge is 0.123 e. The zero-order valence-electron chi connectivity index (χ0n) is 21.4. The summed E-state index contributed by atoms with van der Waals surface area (Å²) in [6.07, 6.45) is 23.3. The van der Waals surface area contributed by atoms with Gasteiger partial charge in [-0.2, -0.15) is 0 Å². The predicted molar refractivity (Wildman–Crippen MR) is 138 cm³/mol. The van der Waals surface area contributed by atoms with Crippen molar-refractivity contribution in [2.45, 2.75) is 127 Å². The second kappa shape index (κ2) is 8.76. The van der Waals surface area contributed by atoms with Gasteiger partial charge in [-0.1, -0.05) is 38.2 Å². The Balaban J connectivity index is 1.28. The molecule has 4 heteroatoms. The minimum absolute atomic E-state index is 0.00695. The monoisotopic (exact) mass is 465 g/mol. The molecule has 4 saturated carbocycles. The van der Waals surface area contributed by atoms with Crippen LogP contribution in [0.3, 0.4) is 0 Å². The molecule has 7 rings (SSSR count). The third-order valence-corrected chi connectivity index (χ3v) is 11.4. The van der Waals surface area contributed by atoms with E-state index in [2.05, 4.69) is 18.0 Å². The fraction of sp³-hybridized carbons (Fsp3) is 0.833. The molecule has 1 aromatic heterocycles. The van der Waals surface area contributed by atoms with Crippen molar-refractivity contribution in [3.05, 3.63) is 23.9 Å². The van der Waals surface area contributed by atoms with Gasteiger partial charge in [-0.25, -0.2) is 4.98 Å². The number of nitrogen functional groups attached to an aromatic ring is 1. The first kappa shape index (κ1) is 23.3. The van der Waals surface area contributed by atoms with E-state index >= 15 is 0 Å². The Morgan fingerprint density at radius 3 is 2.44 bits per heavy atom. The van der Waals surface area contributed by atoms with Crippen LogP contribution in [0.25, 0.3) is 0 Å². The SMILES string of the molecule is CC1(C2CCCCC2)OC2(C3CC(Cc4ccc(N)nc4)CC4(CCCC4)C3)CCC1C(N)C2. The summed E-state index contributed by atoms with van der Waals surface area (Å²) in [6, 6.07) is 4.49. The molecule has 34 heavy (non-hydrogen) atoms. The maximum atomic E-state index is 7.52. The first-order valence-corrected chi connectivity index (χ1v) is 14.6. The quantitative estimate of drug-likeness (QED) is 0.538. The summed E-state index contributed by atoms with van der Waals surface area (Å²) < 4.78 is 7.52. The third kappa shape index (κ3) is 4.01. The maximum absolute atomic E-state index is 7.52. The lowest BCUT2D eigenvalue weighted by atomic mass is 9.52. The second-order valence-electron chi connectivity index (χ2n) is 13.4. The molecule has 6 aliphatic rings. The van der Waals surface area contributed by atoms with Crippen LogP contribution >= 0.6 is 0 Å². The molecule has 4 nitrogen and oxygen atoms in total. The highest BCUT2D eigenvalue weighted by atomic mass is 16.5. The Kier molecular flexibility index (Phi) is 6.00. The number of fused-ring (bicyclic) bond motifs is 3. The number of hydrogen-bond acceptors (Lipinski definition) is 4. The van der Waals surface area contributed by atoms with Crippen molar-refractivity contribution in [3.8, 4) is 0 Å². The summed E-state index contributed by atoms with van der Waals surface area (Å²) in [4.78, 5) is 4.40. The largest absolute Gasteiger partial charge is 0.384 e. The molecule has 0 aromatic carbocycles. The van der Waals surface area contributed by atoms with Gasteiger partial charge in [0, 0.05) is 18.2 Å². The van der Waals surface area contributed by atoms with Crippen molar-refractivity contribution in [2.75, 3.05) is 5.73 Å². The van der Waals surface area contributed by atoms with Crippen molar-refractivity contribution in [1.29, 1.82) is 0 Å². The van der Waals surface area contributed by atoms with Crippen LogP contribution in [0.1, 0.15) is 109 Å². The number of nitrogens with two attached hydrogens (primary N) is 2. The Morgan fingerprint density at radius 2 is 1.74 bits per heavy atom. The molecular formula is C30H47N3O. The number of hydrogen-bond donors (Lipinski definition) is 2. The second-order valence-corrected chi connectivity index (χ2v) is 13.4. The van der Waals surface area contributed by atoms with Crippen LogP contribution in [0.15, 0.2) is 18.3 Å². The van der Waals surface area contributed by atoms with Crippen molar-refractivity contribution < 1.29 is 4.74 Å². The van der Waals surface area contributed by atoms with Crippen molar-refractivity contribution in [2.24, 2.45) is 34.8 Å². The number of aromatic nitrogens is 1. The van der Waals surface area contributed by atoms with Gasteiger partial charge in [0.2, 0.25) is 0 Å². The lowest BCUT2D eigenvalue weighted by Gasteiger charge is -2.65. The summed E-state index contributed by atoms with van der Waals surface area (Å²) in [6.45, 7) is 2.48. The van der Waals surface area contributed by atoms with Crippen LogP contribution in [-0.4, -0.2) is 22.2 Å². The fourth-order valence-electron chi connectivity index (χ4n) is 9.86. The molecule has 6 unspecified atom stereocenters. The summed E-state index contributed by atoms with van der Waals surface area (Å²) >= 11 is 0. The molecular weight excluding hydrogens is 418 g/mol. The van der Waals surface area contributed by atoms with Crippen LogP contribution < -0.4 is 11.5 Å². The molecule has 6 fully saturated rings. The first-order chi connectivity index (χ1) is 16.4. The van der Waals surface area contributed by atoms with E-state index < -0.39 is 0 Å². The van der Waals surface area contributed by atoms with E-state index in [9.17, 15) is 0 Å². The number of anilines is 1. The Bertz CT molecular complexity index is 858. The van der Waals surface area contributed by atoms with E-state index in [-0.39, 0.29) is 11.2 Å². The number of rotatable bonds is 4. The summed E-state index contributed by atoms with van der Waals surface area (Å²) in [5.74, 6) is 3.26. The lowest BCUT2D eigenvalue weighted by molar-refractivity contribution is -0.298. The van der Waals surface area contributed by atoms with Gasteiger partial charge in [0.1, 0.15) is 5.82 Å². The van der Waals surface area contributed by atoms with E-state index in [1.54, 1.807) is 0 Å². The van der Waals surface area contributed by atoms with E-state index in [1.807, 2.05) is 12.3 Å². The van der Waals surface area contributed by atoms with Gasteiger partial charge in [0.25, 0.3) is 0 Å². The molecule has 3 heterocycles. The molecule has 2 bridgehead atoms. The van der Waals surface area contributed by atoms with Crippen LogP contribution in [0.2, 0.25) is 0 Å². The summed E-state index contributed by atoms with van der Waals surface area (Å²) in [5.41, 5.74) is 14.8. The van der Waals surface area contributed by atoms with E-state index in [0.717, 1.165) is 18.8 Å². The summed E-state index contributed by atoms with van der Waals surface area (Å²) in [5, 5.41) is 0. The molecule has 6 atom stereocenters. The van der Waals surface area contributed by atoms with Gasteiger partial charge >= 0.3 is 0 Å². The van der Waals surface area contributed by atoms with Gasteiger partial charge < -0.3 is 16.2 Å². The minimum atomic E-state index is -0.00695. The standard InChI is InChI=1S/C30H47N3O/c1-28(23-7-3-2-4-8-23)25-11-14-30(34-28,19-26(25)31)24-16-22(15-21-9-10-27(32)33-20-21)17-29(18-24)12-5-6-13-29/h9-10,20,22-26H,2-8,11-19,31H2,1H3,(H2,32,33). The highest BCUT2D eigenvalue weighted by Crippen LogP contribution is 2.62. The van der Waals surface area contributed by atoms with E-state index in [1.165, 1.54) is 95.5 Å². The normalized spacial score (nSPS) is 42.3. The molecule has 2 aliphatic heterocycles. The molecule has 0 radical (unpaired) electrons. The Morgan fingerprint density at radius 1 is 0.941 bits per heavy atom. The van der Waals surface area contributed by atoms with Crippen molar-refractivity contribution in [1.82, 2.24) is 4.98 Å². The molecule has 4 N–H and O–H groups in total. The highest BCUT2D eigenvalue weighted by molar-refractivity contribution is 5.29. The van der Waals surface area contributed by atoms with Gasteiger partial charge in [-0.05, 0) is 112 Å². The molecule has 4 aliphatic carbocycles. The average molecular weight is 466 g/mol. The average Bonchev–Trinajstić information content (AvgIpc) is 3.28. The van der Waals surface area contributed by atoms with E-state index in [0.29, 0.717) is 35.0 Å². The Hall–Kier alpha value is -1.13. The maximum Gasteiger partial charge on any atom is 0.123 e. The highest BCUT2D eigenvalue weighted by Gasteiger charge is 2.62. The predicted octanol–water partition coefficient (Wildman–Crippen LogP) is 6.42. The number of nitrogens with zero attached hydrogens (tertiary/aromatic N) is 1. The number of pyridine rings is 1. The van der Waals surface area contributed by atoms with Crippen molar-refractivity contribution >= 4 is 5.82 Å². The lowest BCUT2D eigenvalue weighted by Crippen LogP contribution is -2.69. The Labute approximate surface area is 207 Å². The van der Waals surface area contributed by atoms with Gasteiger partial charge in [0.05, 0.1) is 11.2 Å². The molecule has 2 saturated heterocycles. The summed E-state index contributed by atoms with van der Waals surface area (Å²) in [7, 11) is 0. The minimum Gasteiger partial charge on any atom is -0.384 e. The fourth-order valence-corrected chi connectivity index (χ4v) is 9.86. The molecule has 1 aromatic rings. The van der Waals surface area contributed by atoms with Gasteiger partial charge in [-0.3, -0.25) is 0 Å². The zero-order chi connectivity index (χ0) is 23.4. The van der Waals surface area contributed by atoms with Crippen molar-refractivity contribution in [3.63, 3.8) is 0 Å². The molecule has 188 valence electrons. The first-order valence-electron chi connectivity index (χ1n) is 14.6. The zero-order valence-corrected chi connectivity index (χ0v) is 21.4. The number of ether oxygens (including phenoxy) is 1. The molecule has 1 spiro atoms. The van der Waals surface area contributed by atoms with Gasteiger partial charge in [0.15, 0.2) is 0 Å².